The minimum absolute atomic E-state index is 0.876. The van der Waals surface area contributed by atoms with Crippen molar-refractivity contribution < 1.29 is 4.74 Å². The van der Waals surface area contributed by atoms with E-state index in [0.717, 1.165) is 45.3 Å². The number of para-hydroxylation sites is 3. The molecule has 0 saturated carbocycles. The smallest absolute Gasteiger partial charge is 0.152 e. The van der Waals surface area contributed by atoms with Crippen LogP contribution >= 0.6 is 0 Å². The molecule has 1 aromatic heterocycles. The first-order valence-corrected chi connectivity index (χ1v) is 18.1. The maximum Gasteiger partial charge on any atom is 0.152 e. The van der Waals surface area contributed by atoms with Gasteiger partial charge >= 0.3 is 0 Å². The van der Waals surface area contributed by atoms with Gasteiger partial charge in [0, 0.05) is 27.5 Å². The quantitative estimate of drug-likeness (QED) is 0.181. The van der Waals surface area contributed by atoms with Crippen LogP contribution in [0.15, 0.2) is 194 Å². The van der Waals surface area contributed by atoms with Crippen molar-refractivity contribution in [3.8, 4) is 39.4 Å². The van der Waals surface area contributed by atoms with Gasteiger partial charge in [-0.25, -0.2) is 0 Å². The number of rotatable bonds is 5. The lowest BCUT2D eigenvalue weighted by molar-refractivity contribution is 0.476. The summed E-state index contributed by atoms with van der Waals surface area (Å²) in [5.74, 6) is 1.76. The first kappa shape index (κ1) is 29.6. The van der Waals surface area contributed by atoms with Gasteiger partial charge in [0.15, 0.2) is 11.5 Å². The molecule has 53 heavy (non-hydrogen) atoms. The molecule has 9 aromatic carbocycles. The Balaban J connectivity index is 1.05. The summed E-state index contributed by atoms with van der Waals surface area (Å²) in [4.78, 5) is 2.39. The number of ether oxygens (including phenoxy) is 1. The van der Waals surface area contributed by atoms with Crippen molar-refractivity contribution in [1.82, 2.24) is 4.57 Å². The molecule has 0 radical (unpaired) electrons. The molecule has 0 aliphatic carbocycles. The minimum Gasteiger partial charge on any atom is -0.453 e. The Hall–Kier alpha value is -7.10. The summed E-state index contributed by atoms with van der Waals surface area (Å²) in [6, 6.07) is 69.9. The van der Waals surface area contributed by atoms with Crippen LogP contribution in [0.2, 0.25) is 0 Å². The maximum absolute atomic E-state index is 6.37. The molecule has 248 valence electrons. The average molecular weight is 677 g/mol. The fraction of sp³-hybridized carbons (Fsp3) is 0. The van der Waals surface area contributed by atoms with E-state index in [4.69, 9.17) is 4.74 Å². The summed E-state index contributed by atoms with van der Waals surface area (Å²) in [6.07, 6.45) is 0. The lowest BCUT2D eigenvalue weighted by Gasteiger charge is -2.27. The lowest BCUT2D eigenvalue weighted by atomic mass is 9.99. The summed E-state index contributed by atoms with van der Waals surface area (Å²) in [6.45, 7) is 0. The fourth-order valence-electron chi connectivity index (χ4n) is 8.22. The molecule has 10 aromatic rings. The lowest BCUT2D eigenvalue weighted by Crippen LogP contribution is -2.10. The number of hydrogen-bond donors (Lipinski definition) is 0. The van der Waals surface area contributed by atoms with Crippen LogP contribution < -0.4 is 9.64 Å². The topological polar surface area (TPSA) is 17.4 Å². The van der Waals surface area contributed by atoms with Crippen molar-refractivity contribution in [2.75, 3.05) is 4.90 Å². The normalized spacial score (nSPS) is 11.9. The Morgan fingerprint density at radius 3 is 1.96 bits per heavy atom. The number of fused-ring (bicyclic) bond motifs is 7. The molecule has 0 atom stereocenters. The van der Waals surface area contributed by atoms with E-state index in [2.05, 4.69) is 191 Å². The van der Waals surface area contributed by atoms with Gasteiger partial charge in [-0.1, -0.05) is 127 Å². The molecule has 3 heteroatoms. The van der Waals surface area contributed by atoms with Gasteiger partial charge in [-0.2, -0.15) is 0 Å². The monoisotopic (exact) mass is 676 g/mol. The van der Waals surface area contributed by atoms with Crippen molar-refractivity contribution in [3.05, 3.63) is 194 Å². The summed E-state index contributed by atoms with van der Waals surface area (Å²) >= 11 is 0. The van der Waals surface area contributed by atoms with Crippen LogP contribution in [0.3, 0.4) is 0 Å². The molecular formula is C50H32N2O. The molecule has 0 amide bonds. The van der Waals surface area contributed by atoms with Crippen LogP contribution in [0.1, 0.15) is 0 Å². The molecule has 1 aliphatic rings. The molecule has 0 spiro atoms. The van der Waals surface area contributed by atoms with Gasteiger partial charge in [0.2, 0.25) is 0 Å². The molecule has 11 rings (SSSR count). The zero-order valence-corrected chi connectivity index (χ0v) is 28.8. The van der Waals surface area contributed by atoms with Gasteiger partial charge in [0.1, 0.15) is 0 Å². The Kier molecular flexibility index (Phi) is 6.55. The third-order valence-electron chi connectivity index (χ3n) is 10.7. The van der Waals surface area contributed by atoms with Crippen LogP contribution in [-0.2, 0) is 0 Å². The highest BCUT2D eigenvalue weighted by Crippen LogP contribution is 2.46. The van der Waals surface area contributed by atoms with E-state index in [1.165, 1.54) is 54.5 Å². The Labute approximate surface area is 307 Å². The first-order valence-electron chi connectivity index (χ1n) is 18.1. The molecule has 3 nitrogen and oxygen atoms in total. The Morgan fingerprint density at radius 2 is 1.04 bits per heavy atom. The highest BCUT2D eigenvalue weighted by molar-refractivity contribution is 6.13. The van der Waals surface area contributed by atoms with Crippen molar-refractivity contribution in [1.29, 1.82) is 0 Å². The van der Waals surface area contributed by atoms with Crippen LogP contribution in [-0.4, -0.2) is 4.57 Å². The van der Waals surface area contributed by atoms with Gasteiger partial charge in [-0.05, 0) is 105 Å². The van der Waals surface area contributed by atoms with E-state index in [1.54, 1.807) is 0 Å². The summed E-state index contributed by atoms with van der Waals surface area (Å²) in [7, 11) is 0. The molecular weight excluding hydrogens is 645 g/mol. The van der Waals surface area contributed by atoms with Gasteiger partial charge in [-0.3, -0.25) is 0 Å². The second kappa shape index (κ2) is 11.7. The van der Waals surface area contributed by atoms with Crippen molar-refractivity contribution in [3.63, 3.8) is 0 Å². The zero-order valence-electron chi connectivity index (χ0n) is 28.8. The number of aromatic nitrogens is 1. The van der Waals surface area contributed by atoms with Crippen LogP contribution in [0.4, 0.5) is 17.1 Å². The summed E-state index contributed by atoms with van der Waals surface area (Å²) in [5.41, 5.74) is 11.4. The first-order chi connectivity index (χ1) is 26.3. The minimum atomic E-state index is 0.876. The van der Waals surface area contributed by atoms with Gasteiger partial charge in [0.25, 0.3) is 0 Å². The Bertz CT molecular complexity index is 3040. The number of benzene rings is 9. The van der Waals surface area contributed by atoms with E-state index in [9.17, 15) is 0 Å². The molecule has 0 unspecified atom stereocenters. The van der Waals surface area contributed by atoms with E-state index in [-0.39, 0.29) is 0 Å². The van der Waals surface area contributed by atoms with Crippen molar-refractivity contribution >= 4 is 60.4 Å². The predicted octanol–water partition coefficient (Wildman–Crippen LogP) is 14.0. The van der Waals surface area contributed by atoms with Crippen LogP contribution in [0.5, 0.6) is 11.5 Å². The van der Waals surface area contributed by atoms with Crippen molar-refractivity contribution in [2.45, 2.75) is 0 Å². The maximum atomic E-state index is 6.37. The van der Waals surface area contributed by atoms with Gasteiger partial charge in [-0.15, -0.1) is 0 Å². The molecule has 0 fully saturated rings. The third kappa shape index (κ3) is 4.75. The van der Waals surface area contributed by atoms with Gasteiger partial charge in [0.05, 0.1) is 22.4 Å². The number of nitrogens with zero attached hydrogens (tertiary/aromatic N) is 2. The second-order valence-electron chi connectivity index (χ2n) is 13.8. The molecule has 0 saturated heterocycles. The van der Waals surface area contributed by atoms with E-state index < -0.39 is 0 Å². The van der Waals surface area contributed by atoms with E-state index >= 15 is 0 Å². The van der Waals surface area contributed by atoms with Gasteiger partial charge < -0.3 is 14.2 Å². The second-order valence-corrected chi connectivity index (χ2v) is 13.8. The molecule has 1 aliphatic heterocycles. The average Bonchev–Trinajstić information content (AvgIpc) is 3.56. The number of anilines is 3. The molecule has 2 heterocycles. The predicted molar refractivity (Wildman–Crippen MR) is 221 cm³/mol. The van der Waals surface area contributed by atoms with E-state index in [1.807, 2.05) is 12.1 Å². The highest BCUT2D eigenvalue weighted by Gasteiger charge is 2.24. The summed E-state index contributed by atoms with van der Waals surface area (Å²) < 4.78 is 8.72. The largest absolute Gasteiger partial charge is 0.453 e. The third-order valence-corrected chi connectivity index (χ3v) is 10.7. The van der Waals surface area contributed by atoms with Crippen LogP contribution in [0, 0.1) is 0 Å². The summed E-state index contributed by atoms with van der Waals surface area (Å²) in [5, 5.41) is 7.31. The SMILES string of the molecule is c1cc(-c2ccc3c(c2)c2cccc4c2n3-c2ccccc2O4)cc(N(c2ccc(-c3ccc4ccccc4c3)cc2)c2cccc3ccccc23)c1. The molecule has 0 bridgehead atoms. The van der Waals surface area contributed by atoms with Crippen molar-refractivity contribution in [2.24, 2.45) is 0 Å². The number of hydrogen-bond acceptors (Lipinski definition) is 2. The molecule has 0 N–H and O–H groups in total. The standard InChI is InChI=1S/C50H32N2O/c1-2-12-36-30-38(23-22-33(36)10-1)34-24-27-40(28-25-34)51(45-19-8-13-35-11-3-4-16-42(35)45)41-15-7-14-37(31-41)39-26-29-46-44(32-39)43-17-9-21-49-50(43)52(46)47-18-5-6-20-48(47)53-49/h1-32H. The Morgan fingerprint density at radius 1 is 0.377 bits per heavy atom. The highest BCUT2D eigenvalue weighted by atomic mass is 16.5. The zero-order chi connectivity index (χ0) is 34.9. The fourth-order valence-corrected chi connectivity index (χ4v) is 8.22. The van der Waals surface area contributed by atoms with Crippen LogP contribution in [0.25, 0.3) is 71.3 Å². The van der Waals surface area contributed by atoms with E-state index in [0.29, 0.717) is 0 Å².